The molecule has 10 heteroatoms. The molecule has 9 nitrogen and oxygen atoms in total. The van der Waals surface area contributed by atoms with Crippen LogP contribution in [0.5, 0.6) is 0 Å². The Hall–Kier alpha value is -1.39. The van der Waals surface area contributed by atoms with Crippen LogP contribution in [0.15, 0.2) is 0 Å². The monoisotopic (exact) mass is 365 g/mol. The van der Waals surface area contributed by atoms with E-state index in [0.717, 1.165) is 0 Å². The van der Waals surface area contributed by atoms with Gasteiger partial charge in [-0.1, -0.05) is 0 Å². The molecule has 140 valence electrons. The molecule has 1 aliphatic rings. The van der Waals surface area contributed by atoms with E-state index in [4.69, 9.17) is 9.47 Å². The molecule has 1 rings (SSSR count). The third kappa shape index (κ3) is 7.45. The van der Waals surface area contributed by atoms with Crippen LogP contribution in [0.4, 0.5) is 4.79 Å². The van der Waals surface area contributed by atoms with Crippen LogP contribution in [-0.2, 0) is 24.5 Å². The van der Waals surface area contributed by atoms with E-state index in [-0.39, 0.29) is 25.5 Å². The molecule has 0 unspecified atom stereocenters. The van der Waals surface area contributed by atoms with Crippen molar-refractivity contribution in [3.63, 3.8) is 0 Å². The van der Waals surface area contributed by atoms with Crippen molar-refractivity contribution in [2.45, 2.75) is 39.7 Å². The van der Waals surface area contributed by atoms with Crippen LogP contribution in [0.2, 0.25) is 0 Å². The largest absolute Gasteiger partial charge is 0.466 e. The smallest absolute Gasteiger partial charge is 0.422 e. The first-order valence-electron chi connectivity index (χ1n) is 7.92. The molecule has 0 saturated carbocycles. The number of rotatable bonds is 6. The number of hydrogen-bond donors (Lipinski definition) is 1. The molecule has 1 fully saturated rings. The average Bonchev–Trinajstić information content (AvgIpc) is 2.43. The second-order valence-electron chi connectivity index (χ2n) is 6.40. The molecule has 1 amide bonds. The van der Waals surface area contributed by atoms with Crippen molar-refractivity contribution in [2.75, 3.05) is 39.3 Å². The Labute approximate surface area is 143 Å². The zero-order valence-electron chi connectivity index (χ0n) is 14.7. The topological polar surface area (TPSA) is 105 Å². The number of esters is 1. The van der Waals surface area contributed by atoms with Gasteiger partial charge in [-0.2, -0.15) is 12.7 Å². The van der Waals surface area contributed by atoms with Crippen LogP contribution >= 0.6 is 0 Å². The molecule has 1 heterocycles. The van der Waals surface area contributed by atoms with Gasteiger partial charge in [-0.3, -0.25) is 4.79 Å². The van der Waals surface area contributed by atoms with Gasteiger partial charge in [0, 0.05) is 32.7 Å². The van der Waals surface area contributed by atoms with Crippen LogP contribution < -0.4 is 4.72 Å². The van der Waals surface area contributed by atoms with Gasteiger partial charge in [0.25, 0.3) is 0 Å². The molecule has 0 radical (unpaired) electrons. The highest BCUT2D eigenvalue weighted by Crippen LogP contribution is 2.10. The highest BCUT2D eigenvalue weighted by atomic mass is 32.2. The van der Waals surface area contributed by atoms with E-state index in [1.54, 1.807) is 27.7 Å². The summed E-state index contributed by atoms with van der Waals surface area (Å²) in [7, 11) is -3.93. The maximum atomic E-state index is 12.2. The van der Waals surface area contributed by atoms with E-state index in [1.165, 1.54) is 4.31 Å². The first-order valence-corrected chi connectivity index (χ1v) is 9.36. The second-order valence-corrected chi connectivity index (χ2v) is 8.08. The summed E-state index contributed by atoms with van der Waals surface area (Å²) in [6.45, 7) is 9.02. The molecule has 1 saturated heterocycles. The lowest BCUT2D eigenvalue weighted by Gasteiger charge is -2.33. The summed E-state index contributed by atoms with van der Waals surface area (Å²) in [4.78, 5) is 24.9. The molecular formula is C14H27N3O6S. The summed E-state index contributed by atoms with van der Waals surface area (Å²) in [5, 5.41) is 0. The van der Waals surface area contributed by atoms with E-state index < -0.39 is 21.9 Å². The van der Waals surface area contributed by atoms with Gasteiger partial charge in [0.2, 0.25) is 0 Å². The van der Waals surface area contributed by atoms with E-state index in [1.807, 2.05) is 9.62 Å². The van der Waals surface area contributed by atoms with Crippen LogP contribution in [-0.4, -0.2) is 74.6 Å². The predicted octanol–water partition coefficient (Wildman–Crippen LogP) is 0.327. The highest BCUT2D eigenvalue weighted by Gasteiger charge is 2.30. The lowest BCUT2D eigenvalue weighted by atomic mass is 10.2. The fourth-order valence-electron chi connectivity index (χ4n) is 2.14. The zero-order valence-corrected chi connectivity index (χ0v) is 15.5. The van der Waals surface area contributed by atoms with Gasteiger partial charge >= 0.3 is 22.3 Å². The Balaban J connectivity index is 2.43. The quantitative estimate of drug-likeness (QED) is 0.676. The molecule has 0 bridgehead atoms. The maximum Gasteiger partial charge on any atom is 0.422 e. The minimum atomic E-state index is -3.93. The average molecular weight is 365 g/mol. The number of carbonyl (C=O) groups excluding carboxylic acids is 2. The normalized spacial score (nSPS) is 17.3. The Bertz CT molecular complexity index is 535. The highest BCUT2D eigenvalue weighted by molar-refractivity contribution is 7.87. The van der Waals surface area contributed by atoms with Crippen molar-refractivity contribution in [1.29, 1.82) is 0 Å². The number of ether oxygens (including phenoxy) is 2. The van der Waals surface area contributed by atoms with Gasteiger partial charge < -0.3 is 14.4 Å². The number of hydrogen-bond acceptors (Lipinski definition) is 7. The Kier molecular flexibility index (Phi) is 7.43. The second kappa shape index (κ2) is 8.63. The van der Waals surface area contributed by atoms with E-state index in [9.17, 15) is 18.0 Å². The Morgan fingerprint density at radius 3 is 2.21 bits per heavy atom. The van der Waals surface area contributed by atoms with E-state index >= 15 is 0 Å². The van der Waals surface area contributed by atoms with Crippen molar-refractivity contribution in [3.05, 3.63) is 0 Å². The summed E-state index contributed by atoms with van der Waals surface area (Å²) in [5.41, 5.74) is -0.772. The molecule has 24 heavy (non-hydrogen) atoms. The lowest BCUT2D eigenvalue weighted by Crippen LogP contribution is -2.53. The maximum absolute atomic E-state index is 12.2. The zero-order chi connectivity index (χ0) is 18.4. The van der Waals surface area contributed by atoms with Gasteiger partial charge in [-0.15, -0.1) is 0 Å². The van der Waals surface area contributed by atoms with Crippen molar-refractivity contribution >= 4 is 22.3 Å². The third-order valence-corrected chi connectivity index (χ3v) is 4.69. The van der Waals surface area contributed by atoms with Crippen LogP contribution in [0.3, 0.4) is 0 Å². The molecule has 0 atom stereocenters. The molecular weight excluding hydrogens is 338 g/mol. The van der Waals surface area contributed by atoms with Crippen LogP contribution in [0.1, 0.15) is 34.1 Å². The minimum absolute atomic E-state index is 0.237. The van der Waals surface area contributed by atoms with Gasteiger partial charge in [0.15, 0.2) is 0 Å². The van der Waals surface area contributed by atoms with Gasteiger partial charge in [-0.05, 0) is 27.7 Å². The fourth-order valence-corrected chi connectivity index (χ4v) is 3.17. The summed E-state index contributed by atoms with van der Waals surface area (Å²) in [6.07, 6.45) is -0.719. The third-order valence-electron chi connectivity index (χ3n) is 3.22. The Morgan fingerprint density at radius 2 is 1.71 bits per heavy atom. The van der Waals surface area contributed by atoms with Crippen molar-refractivity contribution in [2.24, 2.45) is 0 Å². The van der Waals surface area contributed by atoms with Crippen LogP contribution in [0.25, 0.3) is 0 Å². The van der Waals surface area contributed by atoms with Crippen molar-refractivity contribution in [1.82, 2.24) is 13.9 Å². The Morgan fingerprint density at radius 1 is 1.12 bits per heavy atom. The molecule has 0 aromatic rings. The first-order chi connectivity index (χ1) is 11.0. The standard InChI is InChI=1S/C14H27N3O6S/c1-5-22-12(18)6-7-16-8-10-17(11-9-16)24(20,21)15-13(19)23-14(2,3)4/h5-11H2,1-4H3,(H,15,19). The molecule has 0 spiro atoms. The molecule has 1 aliphatic heterocycles. The van der Waals surface area contributed by atoms with E-state index in [0.29, 0.717) is 26.2 Å². The van der Waals surface area contributed by atoms with Gasteiger partial charge in [-0.25, -0.2) is 9.52 Å². The fraction of sp³-hybridized carbons (Fsp3) is 0.857. The van der Waals surface area contributed by atoms with Gasteiger partial charge in [0.1, 0.15) is 5.60 Å². The number of piperazine rings is 1. The summed E-state index contributed by atoms with van der Waals surface area (Å²) >= 11 is 0. The number of amides is 1. The minimum Gasteiger partial charge on any atom is -0.466 e. The number of carbonyl (C=O) groups is 2. The summed E-state index contributed by atoms with van der Waals surface area (Å²) in [6, 6.07) is 0. The lowest BCUT2D eigenvalue weighted by molar-refractivity contribution is -0.143. The van der Waals surface area contributed by atoms with Crippen molar-refractivity contribution in [3.8, 4) is 0 Å². The SMILES string of the molecule is CCOC(=O)CCN1CCN(S(=O)(=O)NC(=O)OC(C)(C)C)CC1. The number of nitrogens with zero attached hydrogens (tertiary/aromatic N) is 2. The van der Waals surface area contributed by atoms with Crippen molar-refractivity contribution < 1.29 is 27.5 Å². The van der Waals surface area contributed by atoms with E-state index in [2.05, 4.69) is 0 Å². The summed E-state index contributed by atoms with van der Waals surface area (Å²) < 4.78 is 37.2. The van der Waals surface area contributed by atoms with Crippen LogP contribution in [0, 0.1) is 0 Å². The molecule has 0 aliphatic carbocycles. The summed E-state index contributed by atoms with van der Waals surface area (Å²) in [5.74, 6) is -0.265. The predicted molar refractivity (Wildman–Crippen MR) is 87.6 cm³/mol. The molecule has 1 N–H and O–H groups in total. The molecule has 0 aromatic heterocycles. The molecule has 0 aromatic carbocycles. The number of nitrogens with one attached hydrogen (secondary N) is 1. The van der Waals surface area contributed by atoms with Gasteiger partial charge in [0.05, 0.1) is 13.0 Å². The first kappa shape index (κ1) is 20.7.